The Morgan fingerprint density at radius 3 is 3.03 bits per heavy atom. The molecule has 0 saturated carbocycles. The maximum atomic E-state index is 11.2. The topological polar surface area (TPSA) is 72.3 Å². The van der Waals surface area contributed by atoms with E-state index in [0.29, 0.717) is 19.0 Å². The van der Waals surface area contributed by atoms with Crippen LogP contribution in [0.2, 0.25) is 0 Å². The number of nitrogens with one attached hydrogen (secondary N) is 1. The lowest BCUT2D eigenvalue weighted by atomic mass is 9.93. The van der Waals surface area contributed by atoms with Crippen LogP contribution in [-0.4, -0.2) is 52.3 Å². The third-order valence-electron chi connectivity index (χ3n) is 5.67. The number of piperidine rings is 1. The van der Waals surface area contributed by atoms with E-state index in [1.54, 1.807) is 13.3 Å². The number of carbonyl (C=O) groups excluding carboxylic acids is 1. The summed E-state index contributed by atoms with van der Waals surface area (Å²) in [6.07, 6.45) is 4.08. The molecule has 1 aromatic carbocycles. The van der Waals surface area contributed by atoms with E-state index in [1.165, 1.54) is 12.5 Å². The van der Waals surface area contributed by atoms with Crippen LogP contribution in [0.3, 0.4) is 0 Å². The second kappa shape index (κ2) is 9.26. The van der Waals surface area contributed by atoms with E-state index >= 15 is 0 Å². The molecular formula is C23H29N5O2. The van der Waals surface area contributed by atoms with Crippen molar-refractivity contribution in [2.45, 2.75) is 38.8 Å². The summed E-state index contributed by atoms with van der Waals surface area (Å²) in [6.45, 7) is 5.68. The van der Waals surface area contributed by atoms with Gasteiger partial charge < -0.3 is 10.1 Å². The largest absolute Gasteiger partial charge is 0.497 e. The van der Waals surface area contributed by atoms with Gasteiger partial charge in [-0.2, -0.15) is 5.10 Å². The minimum absolute atomic E-state index is 0.0277. The quantitative estimate of drug-likeness (QED) is 0.652. The summed E-state index contributed by atoms with van der Waals surface area (Å²) >= 11 is 0. The zero-order chi connectivity index (χ0) is 20.9. The van der Waals surface area contributed by atoms with Crippen molar-refractivity contribution in [3.63, 3.8) is 0 Å². The van der Waals surface area contributed by atoms with Gasteiger partial charge in [0.2, 0.25) is 5.91 Å². The van der Waals surface area contributed by atoms with Gasteiger partial charge in [-0.3, -0.25) is 9.69 Å². The predicted molar refractivity (Wildman–Crippen MR) is 116 cm³/mol. The number of pyridine rings is 1. The summed E-state index contributed by atoms with van der Waals surface area (Å²) in [7, 11) is 1.71. The third-order valence-corrected chi connectivity index (χ3v) is 5.67. The van der Waals surface area contributed by atoms with Crippen LogP contribution in [0.5, 0.6) is 5.75 Å². The Morgan fingerprint density at radius 2 is 2.20 bits per heavy atom. The molecular weight excluding hydrogens is 378 g/mol. The van der Waals surface area contributed by atoms with Crippen LogP contribution >= 0.6 is 0 Å². The second-order valence-corrected chi connectivity index (χ2v) is 7.89. The number of fused-ring (bicyclic) bond motifs is 1. The molecule has 7 heteroatoms. The van der Waals surface area contributed by atoms with Gasteiger partial charge in [0.1, 0.15) is 5.75 Å². The van der Waals surface area contributed by atoms with E-state index in [1.807, 2.05) is 22.9 Å². The zero-order valence-corrected chi connectivity index (χ0v) is 17.7. The van der Waals surface area contributed by atoms with Gasteiger partial charge in [0.05, 0.1) is 19.3 Å². The molecule has 2 aromatic heterocycles. The van der Waals surface area contributed by atoms with E-state index in [-0.39, 0.29) is 5.91 Å². The predicted octanol–water partition coefficient (Wildman–Crippen LogP) is 2.96. The summed E-state index contributed by atoms with van der Waals surface area (Å²) in [5, 5.41) is 8.90. The molecule has 4 rings (SSSR count). The Kier molecular flexibility index (Phi) is 6.28. The fourth-order valence-corrected chi connectivity index (χ4v) is 4.28. The molecule has 3 heterocycles. The van der Waals surface area contributed by atoms with Gasteiger partial charge in [-0.15, -0.1) is 0 Å². The highest BCUT2D eigenvalue weighted by atomic mass is 16.5. The molecule has 1 N–H and O–H groups in total. The highest BCUT2D eigenvalue weighted by Crippen LogP contribution is 2.31. The normalized spacial score (nSPS) is 17.2. The van der Waals surface area contributed by atoms with Gasteiger partial charge in [-0.25, -0.2) is 9.67 Å². The summed E-state index contributed by atoms with van der Waals surface area (Å²) in [4.78, 5) is 18.3. The van der Waals surface area contributed by atoms with Crippen molar-refractivity contribution in [1.82, 2.24) is 25.0 Å². The van der Waals surface area contributed by atoms with Crippen molar-refractivity contribution in [3.8, 4) is 5.75 Å². The smallest absolute Gasteiger partial charge is 0.216 e. The number of ether oxygens (including phenoxy) is 1. The number of hydrogen-bond donors (Lipinski definition) is 1. The first-order valence-corrected chi connectivity index (χ1v) is 10.5. The first kappa shape index (κ1) is 20.3. The average Bonchev–Trinajstić information content (AvgIpc) is 3.13. The Morgan fingerprint density at radius 1 is 1.30 bits per heavy atom. The summed E-state index contributed by atoms with van der Waals surface area (Å²) in [6, 6.07) is 12.4. The Balaban J connectivity index is 1.52. The van der Waals surface area contributed by atoms with Crippen molar-refractivity contribution in [2.75, 3.05) is 26.7 Å². The van der Waals surface area contributed by atoms with Crippen LogP contribution in [0.15, 0.2) is 42.6 Å². The molecule has 30 heavy (non-hydrogen) atoms. The number of carbonyl (C=O) groups is 1. The fourth-order valence-electron chi connectivity index (χ4n) is 4.28. The van der Waals surface area contributed by atoms with Gasteiger partial charge in [0.25, 0.3) is 0 Å². The lowest BCUT2D eigenvalue weighted by molar-refractivity contribution is -0.118. The van der Waals surface area contributed by atoms with Crippen molar-refractivity contribution in [2.24, 2.45) is 0 Å². The molecule has 1 unspecified atom stereocenters. The number of benzene rings is 1. The molecule has 1 aliphatic rings. The monoisotopic (exact) mass is 407 g/mol. The van der Waals surface area contributed by atoms with Crippen LogP contribution in [0, 0.1) is 0 Å². The molecule has 1 fully saturated rings. The van der Waals surface area contributed by atoms with E-state index in [0.717, 1.165) is 55.0 Å². The zero-order valence-electron chi connectivity index (χ0n) is 17.7. The molecule has 0 aliphatic carbocycles. The number of methoxy groups -OCH3 is 1. The minimum atomic E-state index is -0.0277. The summed E-state index contributed by atoms with van der Waals surface area (Å²) in [5.41, 5.74) is 3.28. The second-order valence-electron chi connectivity index (χ2n) is 7.89. The molecule has 1 saturated heterocycles. The Bertz CT molecular complexity index is 1020. The van der Waals surface area contributed by atoms with E-state index < -0.39 is 0 Å². The molecule has 0 spiro atoms. The maximum absolute atomic E-state index is 11.2. The van der Waals surface area contributed by atoms with Crippen LogP contribution in [-0.2, 0) is 17.9 Å². The van der Waals surface area contributed by atoms with E-state index in [2.05, 4.69) is 33.4 Å². The number of rotatable bonds is 7. The highest BCUT2D eigenvalue weighted by Gasteiger charge is 2.26. The highest BCUT2D eigenvalue weighted by molar-refractivity contribution is 5.79. The number of amides is 1. The van der Waals surface area contributed by atoms with Gasteiger partial charge in [-0.1, -0.05) is 12.1 Å². The first-order chi connectivity index (χ1) is 14.6. The fraction of sp³-hybridized carbons (Fsp3) is 0.435. The van der Waals surface area contributed by atoms with Crippen molar-refractivity contribution in [1.29, 1.82) is 0 Å². The van der Waals surface area contributed by atoms with E-state index in [4.69, 9.17) is 9.84 Å². The molecule has 1 amide bonds. The lowest BCUT2D eigenvalue weighted by Crippen LogP contribution is -2.34. The number of likely N-dealkylation sites (tertiary alicyclic amines) is 1. The SMILES string of the molecule is COc1cccc(CN2CCCC(c3nn(CCNC(C)=O)c4ncccc34)C2)c1. The molecule has 158 valence electrons. The summed E-state index contributed by atoms with van der Waals surface area (Å²) < 4.78 is 7.30. The molecule has 1 atom stereocenters. The average molecular weight is 408 g/mol. The van der Waals surface area contributed by atoms with Gasteiger partial charge >= 0.3 is 0 Å². The van der Waals surface area contributed by atoms with Gasteiger partial charge in [0.15, 0.2) is 5.65 Å². The van der Waals surface area contributed by atoms with Gasteiger partial charge in [0, 0.05) is 44.1 Å². The third kappa shape index (κ3) is 4.62. The Labute approximate surface area is 177 Å². The van der Waals surface area contributed by atoms with Crippen molar-refractivity contribution < 1.29 is 9.53 Å². The van der Waals surface area contributed by atoms with Gasteiger partial charge in [-0.05, 0) is 49.2 Å². The standard InChI is InChI=1S/C23H29N5O2/c1-17(29)24-11-13-28-23-21(9-4-10-25-23)22(26-28)19-7-5-12-27(16-19)15-18-6-3-8-20(14-18)30-2/h3-4,6,8-10,14,19H,5,7,11-13,15-16H2,1-2H3,(H,24,29). The molecule has 0 radical (unpaired) electrons. The lowest BCUT2D eigenvalue weighted by Gasteiger charge is -2.32. The molecule has 1 aliphatic heterocycles. The number of aromatic nitrogens is 3. The van der Waals surface area contributed by atoms with Crippen molar-refractivity contribution >= 4 is 16.9 Å². The summed E-state index contributed by atoms with van der Waals surface area (Å²) in [5.74, 6) is 1.24. The number of nitrogens with zero attached hydrogens (tertiary/aromatic N) is 4. The minimum Gasteiger partial charge on any atom is -0.497 e. The maximum Gasteiger partial charge on any atom is 0.216 e. The molecule has 7 nitrogen and oxygen atoms in total. The number of hydrogen-bond acceptors (Lipinski definition) is 5. The van der Waals surface area contributed by atoms with Crippen molar-refractivity contribution in [3.05, 3.63) is 53.9 Å². The van der Waals surface area contributed by atoms with Crippen LogP contribution in [0.25, 0.3) is 11.0 Å². The van der Waals surface area contributed by atoms with Crippen LogP contribution in [0.1, 0.15) is 36.9 Å². The van der Waals surface area contributed by atoms with E-state index in [9.17, 15) is 4.79 Å². The van der Waals surface area contributed by atoms with Crippen LogP contribution < -0.4 is 10.1 Å². The Hall–Kier alpha value is -2.93. The molecule has 0 bridgehead atoms. The first-order valence-electron chi connectivity index (χ1n) is 10.5. The molecule has 3 aromatic rings. The van der Waals surface area contributed by atoms with Crippen LogP contribution in [0.4, 0.5) is 0 Å².